The quantitative estimate of drug-likeness (QED) is 0.831. The molecule has 3 unspecified atom stereocenters. The molecule has 2 N–H and O–H groups in total. The fourth-order valence-electron chi connectivity index (χ4n) is 6.29. The second-order valence-corrected chi connectivity index (χ2v) is 8.85. The molecule has 20 heavy (non-hydrogen) atoms. The Kier molecular flexibility index (Phi) is 3.20. The zero-order valence-electron chi connectivity index (χ0n) is 13.2. The number of rotatable bonds is 4. The molecule has 0 aliphatic heterocycles. The SMILES string of the molecule is CC(O)CCC(=O)NC12CC3CC(C)(CC(C)(C3)C1)C2. The lowest BCUT2D eigenvalue weighted by Gasteiger charge is -2.65. The highest BCUT2D eigenvalue weighted by Crippen LogP contribution is 2.66. The Morgan fingerprint density at radius 2 is 1.80 bits per heavy atom. The van der Waals surface area contributed by atoms with Crippen molar-refractivity contribution in [2.45, 2.75) is 83.8 Å². The van der Waals surface area contributed by atoms with Gasteiger partial charge in [-0.2, -0.15) is 0 Å². The highest BCUT2D eigenvalue weighted by atomic mass is 16.3. The highest BCUT2D eigenvalue weighted by molar-refractivity contribution is 5.77. The minimum absolute atomic E-state index is 0.0543. The van der Waals surface area contributed by atoms with E-state index in [1.165, 1.54) is 25.7 Å². The number of hydrogen-bond donors (Lipinski definition) is 2. The van der Waals surface area contributed by atoms with Crippen LogP contribution >= 0.6 is 0 Å². The Hall–Kier alpha value is -0.570. The monoisotopic (exact) mass is 279 g/mol. The fraction of sp³-hybridized carbons (Fsp3) is 0.941. The van der Waals surface area contributed by atoms with Crippen molar-refractivity contribution >= 4 is 5.91 Å². The van der Waals surface area contributed by atoms with Crippen molar-refractivity contribution < 1.29 is 9.90 Å². The van der Waals surface area contributed by atoms with Gasteiger partial charge in [0.15, 0.2) is 0 Å². The number of hydrogen-bond acceptors (Lipinski definition) is 2. The van der Waals surface area contributed by atoms with Crippen molar-refractivity contribution in [1.29, 1.82) is 0 Å². The van der Waals surface area contributed by atoms with Crippen LogP contribution in [0, 0.1) is 16.7 Å². The van der Waals surface area contributed by atoms with Crippen LogP contribution in [0.25, 0.3) is 0 Å². The zero-order valence-corrected chi connectivity index (χ0v) is 13.2. The Balaban J connectivity index is 1.71. The number of nitrogens with one attached hydrogen (secondary N) is 1. The molecule has 0 aromatic heterocycles. The molecule has 3 atom stereocenters. The molecule has 3 heteroatoms. The van der Waals surface area contributed by atoms with E-state index in [9.17, 15) is 9.90 Å². The number of amides is 1. The van der Waals surface area contributed by atoms with Crippen LogP contribution in [0.15, 0.2) is 0 Å². The lowest BCUT2D eigenvalue weighted by Crippen LogP contribution is -2.65. The first-order valence-corrected chi connectivity index (χ1v) is 8.21. The largest absolute Gasteiger partial charge is 0.393 e. The zero-order chi connectivity index (χ0) is 14.6. The third kappa shape index (κ3) is 2.61. The van der Waals surface area contributed by atoms with Crippen LogP contribution in [-0.2, 0) is 4.79 Å². The smallest absolute Gasteiger partial charge is 0.220 e. The van der Waals surface area contributed by atoms with Gasteiger partial charge in [0, 0.05) is 12.0 Å². The van der Waals surface area contributed by atoms with E-state index in [1.807, 2.05) is 0 Å². The normalized spacial score (nSPS) is 47.3. The summed E-state index contributed by atoms with van der Waals surface area (Å²) in [6.07, 6.45) is 8.19. The molecule has 1 amide bonds. The van der Waals surface area contributed by atoms with Gasteiger partial charge in [0.2, 0.25) is 5.91 Å². The summed E-state index contributed by atoms with van der Waals surface area (Å²) in [6, 6.07) is 0. The molecule has 0 saturated heterocycles. The molecule has 4 aliphatic carbocycles. The second kappa shape index (κ2) is 4.46. The fourth-order valence-corrected chi connectivity index (χ4v) is 6.29. The van der Waals surface area contributed by atoms with E-state index in [2.05, 4.69) is 19.2 Å². The van der Waals surface area contributed by atoms with Crippen LogP contribution < -0.4 is 5.32 Å². The van der Waals surface area contributed by atoms with Gasteiger partial charge in [-0.25, -0.2) is 0 Å². The minimum Gasteiger partial charge on any atom is -0.393 e. The van der Waals surface area contributed by atoms with Gasteiger partial charge in [-0.3, -0.25) is 4.79 Å². The molecule has 0 aromatic rings. The minimum atomic E-state index is -0.382. The summed E-state index contributed by atoms with van der Waals surface area (Å²) >= 11 is 0. The van der Waals surface area contributed by atoms with E-state index in [4.69, 9.17) is 0 Å². The van der Waals surface area contributed by atoms with Gasteiger partial charge in [0.25, 0.3) is 0 Å². The first kappa shape index (κ1) is 14.4. The van der Waals surface area contributed by atoms with Gasteiger partial charge < -0.3 is 10.4 Å². The molecular weight excluding hydrogens is 250 g/mol. The third-order valence-electron chi connectivity index (χ3n) is 5.82. The Labute approximate surface area is 122 Å². The van der Waals surface area contributed by atoms with Crippen LogP contribution in [0.1, 0.15) is 72.1 Å². The third-order valence-corrected chi connectivity index (χ3v) is 5.82. The Morgan fingerprint density at radius 1 is 1.20 bits per heavy atom. The molecule has 4 aliphatic rings. The molecule has 114 valence electrons. The van der Waals surface area contributed by atoms with Crippen molar-refractivity contribution in [3.05, 3.63) is 0 Å². The van der Waals surface area contributed by atoms with Crippen LogP contribution in [0.2, 0.25) is 0 Å². The molecule has 3 nitrogen and oxygen atoms in total. The molecular formula is C17H29NO2. The van der Waals surface area contributed by atoms with E-state index in [0.29, 0.717) is 23.7 Å². The predicted molar refractivity (Wildman–Crippen MR) is 79.2 cm³/mol. The highest BCUT2D eigenvalue weighted by Gasteiger charge is 2.60. The molecule has 0 aromatic carbocycles. The molecule has 0 spiro atoms. The van der Waals surface area contributed by atoms with Crippen LogP contribution in [-0.4, -0.2) is 22.7 Å². The predicted octanol–water partition coefficient (Wildman–Crippen LogP) is 3.01. The van der Waals surface area contributed by atoms with Gasteiger partial charge in [-0.15, -0.1) is 0 Å². The van der Waals surface area contributed by atoms with E-state index < -0.39 is 0 Å². The molecule has 4 saturated carbocycles. The van der Waals surface area contributed by atoms with Gasteiger partial charge in [-0.05, 0) is 68.6 Å². The van der Waals surface area contributed by atoms with Crippen LogP contribution in [0.4, 0.5) is 0 Å². The van der Waals surface area contributed by atoms with Crippen molar-refractivity contribution in [2.24, 2.45) is 16.7 Å². The molecule has 0 radical (unpaired) electrons. The van der Waals surface area contributed by atoms with E-state index in [-0.39, 0.29) is 17.6 Å². The number of aliphatic hydroxyl groups is 1. The van der Waals surface area contributed by atoms with Crippen molar-refractivity contribution in [2.75, 3.05) is 0 Å². The van der Waals surface area contributed by atoms with E-state index >= 15 is 0 Å². The molecule has 4 rings (SSSR count). The lowest BCUT2D eigenvalue weighted by atomic mass is 9.43. The topological polar surface area (TPSA) is 49.3 Å². The number of aliphatic hydroxyl groups excluding tert-OH is 1. The van der Waals surface area contributed by atoms with Gasteiger partial charge >= 0.3 is 0 Å². The van der Waals surface area contributed by atoms with Crippen LogP contribution in [0.3, 0.4) is 0 Å². The summed E-state index contributed by atoms with van der Waals surface area (Å²) in [5.41, 5.74) is 0.927. The van der Waals surface area contributed by atoms with Crippen LogP contribution in [0.5, 0.6) is 0 Å². The summed E-state index contributed by atoms with van der Waals surface area (Å²) in [6.45, 7) is 6.60. The maximum absolute atomic E-state index is 12.2. The molecule has 4 fully saturated rings. The molecule has 4 bridgehead atoms. The van der Waals surface area contributed by atoms with Crippen molar-refractivity contribution in [3.8, 4) is 0 Å². The summed E-state index contributed by atoms with van der Waals surface area (Å²) in [7, 11) is 0. The van der Waals surface area contributed by atoms with Gasteiger partial charge in [0.05, 0.1) is 6.10 Å². The maximum Gasteiger partial charge on any atom is 0.220 e. The van der Waals surface area contributed by atoms with E-state index in [1.54, 1.807) is 6.92 Å². The summed E-state index contributed by atoms with van der Waals surface area (Å²) in [4.78, 5) is 12.2. The maximum atomic E-state index is 12.2. The van der Waals surface area contributed by atoms with Gasteiger partial charge in [-0.1, -0.05) is 13.8 Å². The first-order chi connectivity index (χ1) is 9.22. The number of carbonyl (C=O) groups excluding carboxylic acids is 1. The summed E-state index contributed by atoms with van der Waals surface area (Å²) in [5.74, 6) is 0.943. The summed E-state index contributed by atoms with van der Waals surface area (Å²) < 4.78 is 0. The summed E-state index contributed by atoms with van der Waals surface area (Å²) in [5, 5.41) is 12.7. The average Bonchev–Trinajstić information content (AvgIpc) is 2.20. The standard InChI is InChI=1S/C17H29NO2/c1-12(19)4-5-14(20)18-17-8-13-6-15(2,10-17)9-16(3,7-13)11-17/h12-13,19H,4-11H2,1-3H3,(H,18,20). The Morgan fingerprint density at radius 3 is 2.30 bits per heavy atom. The number of carbonyl (C=O) groups is 1. The van der Waals surface area contributed by atoms with E-state index in [0.717, 1.165) is 18.8 Å². The van der Waals surface area contributed by atoms with Crippen molar-refractivity contribution in [1.82, 2.24) is 5.32 Å². The molecule has 0 heterocycles. The van der Waals surface area contributed by atoms with Gasteiger partial charge in [0.1, 0.15) is 0 Å². The second-order valence-electron chi connectivity index (χ2n) is 8.85. The average molecular weight is 279 g/mol. The lowest BCUT2D eigenvalue weighted by molar-refractivity contribution is -0.140. The van der Waals surface area contributed by atoms with Crippen molar-refractivity contribution in [3.63, 3.8) is 0 Å². The Bertz CT molecular complexity index is 399. The first-order valence-electron chi connectivity index (χ1n) is 8.21.